The van der Waals surface area contributed by atoms with Crippen LogP contribution < -0.4 is 15.5 Å². The molecule has 0 bridgehead atoms. The second-order valence-electron chi connectivity index (χ2n) is 5.98. The number of rotatable bonds is 6. The average molecular weight is 362 g/mol. The first-order valence-electron chi connectivity index (χ1n) is 7.98. The molecule has 0 aromatic heterocycles. The van der Waals surface area contributed by atoms with Gasteiger partial charge in [0.1, 0.15) is 0 Å². The monoisotopic (exact) mass is 361 g/mol. The third-order valence-corrected chi connectivity index (χ3v) is 4.11. The zero-order valence-corrected chi connectivity index (χ0v) is 15.6. The Balaban J connectivity index is 0.00000242. The van der Waals surface area contributed by atoms with Gasteiger partial charge in [-0.25, -0.2) is 0 Å². The van der Waals surface area contributed by atoms with Crippen molar-refractivity contribution in [1.29, 1.82) is 0 Å². The summed E-state index contributed by atoms with van der Waals surface area (Å²) < 4.78 is 0. The minimum atomic E-state index is 0. The maximum atomic E-state index is 11.9. The molecule has 1 heterocycles. The smallest absolute Gasteiger partial charge is 0.224 e. The molecule has 0 spiro atoms. The van der Waals surface area contributed by atoms with Crippen molar-refractivity contribution in [3.8, 4) is 0 Å². The molecular formula is C17H29Cl2N3O. The Hall–Kier alpha value is -0.970. The highest BCUT2D eigenvalue weighted by Gasteiger charge is 2.16. The number of piperidine rings is 1. The van der Waals surface area contributed by atoms with E-state index in [-0.39, 0.29) is 30.7 Å². The summed E-state index contributed by atoms with van der Waals surface area (Å²) in [7, 11) is 1.90. The fourth-order valence-electron chi connectivity index (χ4n) is 2.70. The highest BCUT2D eigenvalue weighted by molar-refractivity contribution is 5.91. The first-order chi connectivity index (χ1) is 10.2. The van der Waals surface area contributed by atoms with Crippen LogP contribution in [0.1, 0.15) is 32.6 Å². The van der Waals surface area contributed by atoms with Crippen LogP contribution in [0.2, 0.25) is 0 Å². The molecule has 0 atom stereocenters. The average Bonchev–Trinajstić information content (AvgIpc) is 2.48. The summed E-state index contributed by atoms with van der Waals surface area (Å²) in [5, 5.41) is 6.05. The quantitative estimate of drug-likeness (QED) is 0.759. The van der Waals surface area contributed by atoms with Gasteiger partial charge in [0.15, 0.2) is 0 Å². The number of benzene rings is 1. The van der Waals surface area contributed by atoms with Gasteiger partial charge in [-0.05, 0) is 57.0 Å². The zero-order valence-electron chi connectivity index (χ0n) is 14.0. The Kier molecular flexibility index (Phi) is 11.1. The lowest BCUT2D eigenvalue weighted by Gasteiger charge is -2.32. The van der Waals surface area contributed by atoms with Crippen LogP contribution >= 0.6 is 24.8 Å². The largest absolute Gasteiger partial charge is 0.371 e. The molecule has 1 aliphatic rings. The predicted octanol–water partition coefficient (Wildman–Crippen LogP) is 3.70. The fraction of sp³-hybridized carbons (Fsp3) is 0.588. The van der Waals surface area contributed by atoms with Crippen molar-refractivity contribution in [1.82, 2.24) is 5.32 Å². The number of anilines is 2. The van der Waals surface area contributed by atoms with E-state index in [1.807, 2.05) is 19.2 Å². The number of halogens is 2. The first-order valence-corrected chi connectivity index (χ1v) is 7.98. The number of amides is 1. The van der Waals surface area contributed by atoms with Crippen LogP contribution in [0.25, 0.3) is 0 Å². The summed E-state index contributed by atoms with van der Waals surface area (Å²) in [5.74, 6) is 0.922. The van der Waals surface area contributed by atoms with E-state index >= 15 is 0 Å². The number of nitrogens with one attached hydrogen (secondary N) is 2. The first kappa shape index (κ1) is 22.0. The van der Waals surface area contributed by atoms with Gasteiger partial charge in [-0.2, -0.15) is 0 Å². The molecule has 0 aliphatic carbocycles. The van der Waals surface area contributed by atoms with Crippen LogP contribution in [-0.2, 0) is 4.79 Å². The van der Waals surface area contributed by atoms with Gasteiger partial charge in [0, 0.05) is 30.9 Å². The lowest BCUT2D eigenvalue weighted by Crippen LogP contribution is -2.32. The molecule has 1 aromatic rings. The van der Waals surface area contributed by atoms with Gasteiger partial charge in [0.05, 0.1) is 0 Å². The van der Waals surface area contributed by atoms with E-state index in [4.69, 9.17) is 0 Å². The third kappa shape index (κ3) is 7.42. The second kappa shape index (κ2) is 11.5. The molecule has 0 radical (unpaired) electrons. The van der Waals surface area contributed by atoms with Crippen molar-refractivity contribution in [3.05, 3.63) is 24.3 Å². The van der Waals surface area contributed by atoms with Gasteiger partial charge >= 0.3 is 0 Å². The van der Waals surface area contributed by atoms with E-state index in [0.717, 1.165) is 37.7 Å². The SMILES string of the molecule is CNCCCC(=O)Nc1cccc(N2CCC(C)CC2)c1.Cl.Cl. The summed E-state index contributed by atoms with van der Waals surface area (Å²) in [4.78, 5) is 14.3. The number of carbonyl (C=O) groups is 1. The third-order valence-electron chi connectivity index (χ3n) is 4.11. The van der Waals surface area contributed by atoms with Crippen molar-refractivity contribution < 1.29 is 4.79 Å². The number of carbonyl (C=O) groups excluding carboxylic acids is 1. The molecule has 132 valence electrons. The Labute approximate surface area is 152 Å². The Bertz CT molecular complexity index is 463. The van der Waals surface area contributed by atoms with Crippen LogP contribution in [0.15, 0.2) is 24.3 Å². The highest BCUT2D eigenvalue weighted by atomic mass is 35.5. The molecule has 1 aliphatic heterocycles. The van der Waals surface area contributed by atoms with E-state index in [9.17, 15) is 4.79 Å². The zero-order chi connectivity index (χ0) is 15.1. The number of nitrogens with zero attached hydrogens (tertiary/aromatic N) is 1. The van der Waals surface area contributed by atoms with E-state index < -0.39 is 0 Å². The summed E-state index contributed by atoms with van der Waals surface area (Å²) in [6, 6.07) is 8.21. The minimum absolute atomic E-state index is 0. The second-order valence-corrected chi connectivity index (χ2v) is 5.98. The van der Waals surface area contributed by atoms with Crippen molar-refractivity contribution in [3.63, 3.8) is 0 Å². The summed E-state index contributed by atoms with van der Waals surface area (Å²) >= 11 is 0. The van der Waals surface area contributed by atoms with Crippen LogP contribution in [0.5, 0.6) is 0 Å². The fourth-order valence-corrected chi connectivity index (χ4v) is 2.70. The van der Waals surface area contributed by atoms with E-state index in [1.165, 1.54) is 18.5 Å². The molecule has 1 fully saturated rings. The van der Waals surface area contributed by atoms with E-state index in [0.29, 0.717) is 6.42 Å². The summed E-state index contributed by atoms with van der Waals surface area (Å²) in [5.41, 5.74) is 2.12. The van der Waals surface area contributed by atoms with Crippen LogP contribution in [0.3, 0.4) is 0 Å². The molecule has 23 heavy (non-hydrogen) atoms. The molecule has 1 amide bonds. The number of hydrogen-bond donors (Lipinski definition) is 2. The Morgan fingerprint density at radius 2 is 1.96 bits per heavy atom. The highest BCUT2D eigenvalue weighted by Crippen LogP contribution is 2.25. The Morgan fingerprint density at radius 1 is 1.26 bits per heavy atom. The van der Waals surface area contributed by atoms with Gasteiger partial charge in [-0.15, -0.1) is 24.8 Å². The lowest BCUT2D eigenvalue weighted by molar-refractivity contribution is -0.116. The van der Waals surface area contributed by atoms with Crippen LogP contribution in [0.4, 0.5) is 11.4 Å². The lowest BCUT2D eigenvalue weighted by atomic mass is 9.99. The molecule has 2 rings (SSSR count). The molecule has 6 heteroatoms. The Morgan fingerprint density at radius 3 is 2.61 bits per heavy atom. The van der Waals surface area contributed by atoms with Crippen molar-refractivity contribution in [2.24, 2.45) is 5.92 Å². The maximum absolute atomic E-state index is 11.9. The molecule has 1 aromatic carbocycles. The minimum Gasteiger partial charge on any atom is -0.371 e. The molecule has 1 saturated heterocycles. The maximum Gasteiger partial charge on any atom is 0.224 e. The summed E-state index contributed by atoms with van der Waals surface area (Å²) in [6.07, 6.45) is 3.93. The van der Waals surface area contributed by atoms with Crippen molar-refractivity contribution >= 4 is 42.1 Å². The molecular weight excluding hydrogens is 333 g/mol. The van der Waals surface area contributed by atoms with E-state index in [2.05, 4.69) is 34.6 Å². The van der Waals surface area contributed by atoms with Crippen LogP contribution in [0, 0.1) is 5.92 Å². The van der Waals surface area contributed by atoms with Crippen LogP contribution in [-0.4, -0.2) is 32.6 Å². The number of hydrogen-bond acceptors (Lipinski definition) is 3. The summed E-state index contributed by atoms with van der Waals surface area (Å²) in [6.45, 7) is 5.42. The van der Waals surface area contributed by atoms with Gasteiger partial charge in [-0.3, -0.25) is 4.79 Å². The van der Waals surface area contributed by atoms with Gasteiger partial charge in [-0.1, -0.05) is 13.0 Å². The van der Waals surface area contributed by atoms with Crippen molar-refractivity contribution in [2.75, 3.05) is 36.9 Å². The normalized spacial score (nSPS) is 14.6. The van der Waals surface area contributed by atoms with Gasteiger partial charge in [0.25, 0.3) is 0 Å². The van der Waals surface area contributed by atoms with E-state index in [1.54, 1.807) is 0 Å². The van der Waals surface area contributed by atoms with Gasteiger partial charge in [0.2, 0.25) is 5.91 Å². The molecule has 2 N–H and O–H groups in total. The molecule has 0 unspecified atom stereocenters. The standard InChI is InChI=1S/C17H27N3O.2ClH/c1-14-8-11-20(12-9-14)16-6-3-5-15(13-16)19-17(21)7-4-10-18-2;;/h3,5-6,13-14,18H,4,7-12H2,1-2H3,(H,19,21);2*1H. The molecule has 0 saturated carbocycles. The topological polar surface area (TPSA) is 44.4 Å². The van der Waals surface area contributed by atoms with Gasteiger partial charge < -0.3 is 15.5 Å². The van der Waals surface area contributed by atoms with Crippen molar-refractivity contribution in [2.45, 2.75) is 32.6 Å². The molecule has 4 nitrogen and oxygen atoms in total. The predicted molar refractivity (Wildman–Crippen MR) is 103 cm³/mol.